The molecule has 0 heterocycles. The highest BCUT2D eigenvalue weighted by molar-refractivity contribution is 5.77. The normalized spacial score (nSPS) is 31.5. The van der Waals surface area contributed by atoms with Gasteiger partial charge in [-0.1, -0.05) is 6.92 Å². The van der Waals surface area contributed by atoms with Crippen LogP contribution in [0.15, 0.2) is 0 Å². The molecular weight excluding hydrogens is 196 g/mol. The number of rotatable bonds is 5. The topological polar surface area (TPSA) is 66.8 Å². The molecule has 0 unspecified atom stereocenters. The lowest BCUT2D eigenvalue weighted by Gasteiger charge is -2.35. The van der Waals surface area contributed by atoms with Crippen molar-refractivity contribution in [2.24, 2.45) is 5.92 Å². The molecule has 0 aromatic heterocycles. The third-order valence-corrected chi connectivity index (χ3v) is 3.15. The average Bonchev–Trinajstić information content (AvgIpc) is 2.21. The number of aliphatic carboxylic acids is 1. The zero-order valence-electron chi connectivity index (χ0n) is 9.24. The Bertz CT molecular complexity index is 207. The van der Waals surface area contributed by atoms with Gasteiger partial charge in [0.1, 0.15) is 0 Å². The van der Waals surface area contributed by atoms with E-state index in [2.05, 4.69) is 6.92 Å². The zero-order chi connectivity index (χ0) is 11.3. The first kappa shape index (κ1) is 12.5. The minimum absolute atomic E-state index is 0.0477. The molecule has 0 spiro atoms. The first-order valence-electron chi connectivity index (χ1n) is 5.59. The Labute approximate surface area is 90.2 Å². The van der Waals surface area contributed by atoms with E-state index in [1.807, 2.05) is 0 Å². The van der Waals surface area contributed by atoms with Gasteiger partial charge in [-0.25, -0.2) is 4.79 Å². The zero-order valence-corrected chi connectivity index (χ0v) is 9.24. The lowest BCUT2D eigenvalue weighted by Crippen LogP contribution is -2.44. The summed E-state index contributed by atoms with van der Waals surface area (Å²) in [6.45, 7) is 2.52. The third-order valence-electron chi connectivity index (χ3n) is 3.15. The van der Waals surface area contributed by atoms with E-state index in [4.69, 9.17) is 9.84 Å². The van der Waals surface area contributed by atoms with Crippen LogP contribution in [0.4, 0.5) is 0 Å². The SMILES string of the molecule is CC1CCC(OCCCO)(C(=O)O)CC1. The molecule has 4 nitrogen and oxygen atoms in total. The van der Waals surface area contributed by atoms with Crippen molar-refractivity contribution in [3.8, 4) is 0 Å². The van der Waals surface area contributed by atoms with Crippen molar-refractivity contribution >= 4 is 5.97 Å². The second-order valence-electron chi connectivity index (χ2n) is 4.41. The highest BCUT2D eigenvalue weighted by Crippen LogP contribution is 2.35. The minimum Gasteiger partial charge on any atom is -0.479 e. The Morgan fingerprint density at radius 2 is 2.07 bits per heavy atom. The number of carbonyl (C=O) groups is 1. The van der Waals surface area contributed by atoms with Crippen molar-refractivity contribution in [3.63, 3.8) is 0 Å². The lowest BCUT2D eigenvalue weighted by atomic mass is 9.79. The van der Waals surface area contributed by atoms with Crippen LogP contribution in [0.2, 0.25) is 0 Å². The first-order valence-corrected chi connectivity index (χ1v) is 5.59. The summed E-state index contributed by atoms with van der Waals surface area (Å²) in [5.41, 5.74) is -0.984. The third kappa shape index (κ3) is 3.18. The Morgan fingerprint density at radius 1 is 1.47 bits per heavy atom. The maximum atomic E-state index is 11.2. The maximum absolute atomic E-state index is 11.2. The van der Waals surface area contributed by atoms with E-state index in [0.717, 1.165) is 12.8 Å². The molecule has 0 amide bonds. The van der Waals surface area contributed by atoms with Gasteiger partial charge in [-0.2, -0.15) is 0 Å². The van der Waals surface area contributed by atoms with E-state index in [1.54, 1.807) is 0 Å². The summed E-state index contributed by atoms with van der Waals surface area (Å²) in [6.07, 6.45) is 3.51. The van der Waals surface area contributed by atoms with Crippen molar-refractivity contribution < 1.29 is 19.7 Å². The summed E-state index contributed by atoms with van der Waals surface area (Å²) in [7, 11) is 0. The van der Waals surface area contributed by atoms with Gasteiger partial charge in [-0.05, 0) is 38.0 Å². The second kappa shape index (κ2) is 5.47. The number of ether oxygens (including phenoxy) is 1. The van der Waals surface area contributed by atoms with Gasteiger partial charge in [0.2, 0.25) is 0 Å². The highest BCUT2D eigenvalue weighted by Gasteiger charge is 2.42. The predicted octanol–water partition coefficient (Wildman–Crippen LogP) is 1.42. The van der Waals surface area contributed by atoms with E-state index in [-0.39, 0.29) is 6.61 Å². The fourth-order valence-corrected chi connectivity index (χ4v) is 1.98. The Hall–Kier alpha value is -0.610. The summed E-state index contributed by atoms with van der Waals surface area (Å²) in [5, 5.41) is 17.8. The number of hydrogen-bond acceptors (Lipinski definition) is 3. The molecule has 88 valence electrons. The molecule has 1 aliphatic carbocycles. The van der Waals surface area contributed by atoms with Gasteiger partial charge in [0.05, 0.1) is 6.61 Å². The molecule has 1 fully saturated rings. The molecule has 0 aromatic rings. The van der Waals surface area contributed by atoms with Crippen molar-refractivity contribution in [2.45, 2.75) is 44.6 Å². The van der Waals surface area contributed by atoms with Crippen LogP contribution in [0.5, 0.6) is 0 Å². The number of carboxylic acid groups (broad SMARTS) is 1. The van der Waals surface area contributed by atoms with Gasteiger partial charge in [0.25, 0.3) is 0 Å². The van der Waals surface area contributed by atoms with Crippen LogP contribution >= 0.6 is 0 Å². The molecule has 1 aliphatic rings. The Kier molecular flexibility index (Phi) is 4.54. The second-order valence-corrected chi connectivity index (χ2v) is 4.41. The molecule has 0 saturated heterocycles. The van der Waals surface area contributed by atoms with Crippen LogP contribution in [0, 0.1) is 5.92 Å². The van der Waals surface area contributed by atoms with Gasteiger partial charge in [0.15, 0.2) is 5.60 Å². The van der Waals surface area contributed by atoms with Gasteiger partial charge in [-0.15, -0.1) is 0 Å². The van der Waals surface area contributed by atoms with Gasteiger partial charge >= 0.3 is 5.97 Å². The molecule has 0 radical (unpaired) electrons. The van der Waals surface area contributed by atoms with Crippen LogP contribution in [-0.2, 0) is 9.53 Å². The van der Waals surface area contributed by atoms with Gasteiger partial charge in [-0.3, -0.25) is 0 Å². The fraction of sp³-hybridized carbons (Fsp3) is 0.909. The summed E-state index contributed by atoms with van der Waals surface area (Å²) < 4.78 is 5.46. The lowest BCUT2D eigenvalue weighted by molar-refractivity contribution is -0.172. The highest BCUT2D eigenvalue weighted by atomic mass is 16.5. The molecule has 1 saturated carbocycles. The number of aliphatic hydroxyl groups is 1. The van der Waals surface area contributed by atoms with Crippen molar-refractivity contribution in [2.75, 3.05) is 13.2 Å². The summed E-state index contributed by atoms with van der Waals surface area (Å²) in [4.78, 5) is 11.2. The predicted molar refractivity (Wildman–Crippen MR) is 55.7 cm³/mol. The fourth-order valence-electron chi connectivity index (χ4n) is 1.98. The van der Waals surface area contributed by atoms with Crippen LogP contribution in [0.25, 0.3) is 0 Å². The number of hydrogen-bond donors (Lipinski definition) is 2. The average molecular weight is 216 g/mol. The van der Waals surface area contributed by atoms with Gasteiger partial charge in [0, 0.05) is 6.61 Å². The van der Waals surface area contributed by atoms with E-state index in [9.17, 15) is 9.90 Å². The molecule has 0 atom stereocenters. The molecule has 0 aromatic carbocycles. The maximum Gasteiger partial charge on any atom is 0.335 e. The molecule has 1 rings (SSSR count). The summed E-state index contributed by atoms with van der Waals surface area (Å²) in [5.74, 6) is -0.258. The Morgan fingerprint density at radius 3 is 2.53 bits per heavy atom. The van der Waals surface area contributed by atoms with Gasteiger partial charge < -0.3 is 14.9 Å². The number of aliphatic hydroxyl groups excluding tert-OH is 1. The Balaban J connectivity index is 2.51. The molecule has 0 bridgehead atoms. The van der Waals surface area contributed by atoms with Crippen molar-refractivity contribution in [1.82, 2.24) is 0 Å². The largest absolute Gasteiger partial charge is 0.479 e. The molecule has 0 aliphatic heterocycles. The monoisotopic (exact) mass is 216 g/mol. The van der Waals surface area contributed by atoms with E-state index < -0.39 is 11.6 Å². The summed E-state index contributed by atoms with van der Waals surface area (Å²) in [6, 6.07) is 0. The van der Waals surface area contributed by atoms with E-state index in [0.29, 0.717) is 31.8 Å². The summed E-state index contributed by atoms with van der Waals surface area (Å²) >= 11 is 0. The van der Waals surface area contributed by atoms with Crippen LogP contribution < -0.4 is 0 Å². The minimum atomic E-state index is -0.984. The van der Waals surface area contributed by atoms with Crippen molar-refractivity contribution in [3.05, 3.63) is 0 Å². The first-order chi connectivity index (χ1) is 7.10. The van der Waals surface area contributed by atoms with Crippen molar-refractivity contribution in [1.29, 1.82) is 0 Å². The molecule has 15 heavy (non-hydrogen) atoms. The standard InChI is InChI=1S/C11H20O4/c1-9-3-5-11(6-4-9,10(13)14)15-8-2-7-12/h9,12H,2-8H2,1H3,(H,13,14). The molecular formula is C11H20O4. The molecule has 2 N–H and O–H groups in total. The quantitative estimate of drug-likeness (QED) is 0.682. The van der Waals surface area contributed by atoms with Crippen LogP contribution in [-0.4, -0.2) is 35.0 Å². The van der Waals surface area contributed by atoms with E-state index >= 15 is 0 Å². The van der Waals surface area contributed by atoms with Crippen LogP contribution in [0.1, 0.15) is 39.0 Å². The smallest absolute Gasteiger partial charge is 0.335 e. The number of carboxylic acids is 1. The van der Waals surface area contributed by atoms with E-state index in [1.165, 1.54) is 0 Å². The molecule has 4 heteroatoms. The van der Waals surface area contributed by atoms with Crippen LogP contribution in [0.3, 0.4) is 0 Å².